The van der Waals surface area contributed by atoms with Crippen molar-refractivity contribution in [3.8, 4) is 0 Å². The van der Waals surface area contributed by atoms with Gasteiger partial charge < -0.3 is 10.3 Å². The molecule has 1 aliphatic rings. The molecule has 2 N–H and O–H groups in total. The summed E-state index contributed by atoms with van der Waals surface area (Å²) < 4.78 is 0.714. The maximum Gasteiger partial charge on any atom is 0.268 e. The predicted octanol–water partition coefficient (Wildman–Crippen LogP) is 2.26. The molecule has 1 fully saturated rings. The molecule has 2 heterocycles. The molecule has 0 saturated heterocycles. The molecule has 18 heavy (non-hydrogen) atoms. The van der Waals surface area contributed by atoms with E-state index in [1.165, 1.54) is 30.6 Å². The van der Waals surface area contributed by atoms with Crippen molar-refractivity contribution in [2.45, 2.75) is 38.8 Å². The van der Waals surface area contributed by atoms with Gasteiger partial charge in [0.1, 0.15) is 10.5 Å². The number of H-pyrrole nitrogens is 1. The summed E-state index contributed by atoms with van der Waals surface area (Å²) in [5, 5.41) is 5.36. The molecule has 0 amide bonds. The standard InChI is InChI=1S/C13H17N3OS/c1-8(9-3-2-4-9)14-7-11-15-10-5-6-18-12(10)13(17)16-11/h5-6,8-9,14H,2-4,7H2,1H3,(H,15,16,17). The van der Waals surface area contributed by atoms with Crippen LogP contribution in [0.4, 0.5) is 0 Å². The Morgan fingerprint density at radius 1 is 1.61 bits per heavy atom. The lowest BCUT2D eigenvalue weighted by atomic mass is 9.80. The third-order valence-corrected chi connectivity index (χ3v) is 4.71. The Bertz CT molecular complexity index is 600. The van der Waals surface area contributed by atoms with Gasteiger partial charge in [0.15, 0.2) is 0 Å². The molecule has 5 heteroatoms. The Labute approximate surface area is 109 Å². The van der Waals surface area contributed by atoms with E-state index in [0.717, 1.165) is 17.3 Å². The van der Waals surface area contributed by atoms with E-state index in [9.17, 15) is 4.79 Å². The number of fused-ring (bicyclic) bond motifs is 1. The highest BCUT2D eigenvalue weighted by atomic mass is 32.1. The molecule has 0 aromatic carbocycles. The summed E-state index contributed by atoms with van der Waals surface area (Å²) in [5.74, 6) is 1.53. The SMILES string of the molecule is CC(NCc1nc2ccsc2c(=O)[nH]1)C1CCC1. The van der Waals surface area contributed by atoms with Crippen LogP contribution >= 0.6 is 11.3 Å². The smallest absolute Gasteiger partial charge is 0.268 e. The molecule has 1 atom stereocenters. The Hall–Kier alpha value is -1.20. The highest BCUT2D eigenvalue weighted by Gasteiger charge is 2.23. The quantitative estimate of drug-likeness (QED) is 0.889. The van der Waals surface area contributed by atoms with Crippen molar-refractivity contribution in [3.63, 3.8) is 0 Å². The maximum absolute atomic E-state index is 11.8. The zero-order chi connectivity index (χ0) is 12.5. The van der Waals surface area contributed by atoms with Crippen LogP contribution in [0.1, 0.15) is 32.0 Å². The van der Waals surface area contributed by atoms with E-state index in [2.05, 4.69) is 22.2 Å². The fraction of sp³-hybridized carbons (Fsp3) is 0.538. The van der Waals surface area contributed by atoms with Crippen molar-refractivity contribution < 1.29 is 0 Å². The zero-order valence-corrected chi connectivity index (χ0v) is 11.2. The number of nitrogens with one attached hydrogen (secondary N) is 2. The van der Waals surface area contributed by atoms with Crippen molar-refractivity contribution in [2.75, 3.05) is 0 Å². The van der Waals surface area contributed by atoms with Gasteiger partial charge in [-0.15, -0.1) is 11.3 Å². The van der Waals surface area contributed by atoms with Gasteiger partial charge in [0.2, 0.25) is 0 Å². The summed E-state index contributed by atoms with van der Waals surface area (Å²) >= 11 is 1.44. The molecule has 2 aromatic rings. The predicted molar refractivity (Wildman–Crippen MR) is 73.9 cm³/mol. The molecule has 0 bridgehead atoms. The topological polar surface area (TPSA) is 57.8 Å². The van der Waals surface area contributed by atoms with Crippen LogP contribution in [0.25, 0.3) is 10.2 Å². The Balaban J connectivity index is 1.72. The minimum absolute atomic E-state index is 0.0249. The summed E-state index contributed by atoms with van der Waals surface area (Å²) in [4.78, 5) is 19.1. The molecule has 0 spiro atoms. The molecule has 1 aliphatic carbocycles. The molecule has 2 aromatic heterocycles. The molecular formula is C13H17N3OS. The second-order valence-electron chi connectivity index (χ2n) is 5.01. The number of thiophene rings is 1. The van der Waals surface area contributed by atoms with Gasteiger partial charge in [-0.3, -0.25) is 4.79 Å². The molecule has 0 radical (unpaired) electrons. The third kappa shape index (κ3) is 2.20. The van der Waals surface area contributed by atoms with Crippen molar-refractivity contribution in [3.05, 3.63) is 27.6 Å². The molecule has 96 valence electrons. The number of hydrogen-bond donors (Lipinski definition) is 2. The van der Waals surface area contributed by atoms with Crippen LogP contribution in [0.3, 0.4) is 0 Å². The van der Waals surface area contributed by atoms with Crippen molar-refractivity contribution in [1.82, 2.24) is 15.3 Å². The van der Waals surface area contributed by atoms with E-state index >= 15 is 0 Å². The zero-order valence-electron chi connectivity index (χ0n) is 10.4. The first kappa shape index (κ1) is 11.9. The number of aromatic nitrogens is 2. The highest BCUT2D eigenvalue weighted by molar-refractivity contribution is 7.17. The summed E-state index contributed by atoms with van der Waals surface area (Å²) in [6.07, 6.45) is 4.00. The molecule has 0 aliphatic heterocycles. The van der Waals surface area contributed by atoms with E-state index in [1.807, 2.05) is 11.4 Å². The van der Waals surface area contributed by atoms with Gasteiger partial charge in [-0.1, -0.05) is 6.42 Å². The van der Waals surface area contributed by atoms with Crippen LogP contribution in [0, 0.1) is 5.92 Å². The molecule has 1 saturated carbocycles. The lowest BCUT2D eigenvalue weighted by Crippen LogP contribution is -2.37. The van der Waals surface area contributed by atoms with Crippen LogP contribution in [0.2, 0.25) is 0 Å². The number of nitrogens with zero attached hydrogens (tertiary/aromatic N) is 1. The first-order valence-corrected chi connectivity index (χ1v) is 7.32. The average Bonchev–Trinajstić information content (AvgIpc) is 2.72. The number of aromatic amines is 1. The van der Waals surface area contributed by atoms with Gasteiger partial charge >= 0.3 is 0 Å². The molecule has 3 rings (SSSR count). The Morgan fingerprint density at radius 3 is 3.17 bits per heavy atom. The summed E-state index contributed by atoms with van der Waals surface area (Å²) in [5.41, 5.74) is 0.778. The van der Waals surface area contributed by atoms with Crippen LogP contribution in [-0.2, 0) is 6.54 Å². The van der Waals surface area contributed by atoms with Crippen molar-refractivity contribution >= 4 is 21.6 Å². The van der Waals surface area contributed by atoms with Gasteiger partial charge in [0, 0.05) is 6.04 Å². The minimum Gasteiger partial charge on any atom is -0.308 e. The fourth-order valence-electron chi connectivity index (χ4n) is 2.37. The summed E-state index contributed by atoms with van der Waals surface area (Å²) in [6, 6.07) is 2.40. The average molecular weight is 263 g/mol. The lowest BCUT2D eigenvalue weighted by molar-refractivity contribution is 0.239. The van der Waals surface area contributed by atoms with E-state index in [-0.39, 0.29) is 5.56 Å². The molecule has 1 unspecified atom stereocenters. The van der Waals surface area contributed by atoms with Gasteiger partial charge in [-0.05, 0) is 37.1 Å². The van der Waals surface area contributed by atoms with Gasteiger partial charge in [-0.2, -0.15) is 0 Å². The summed E-state index contributed by atoms with van der Waals surface area (Å²) in [6.45, 7) is 2.85. The van der Waals surface area contributed by atoms with Crippen LogP contribution < -0.4 is 10.9 Å². The van der Waals surface area contributed by atoms with Crippen molar-refractivity contribution in [1.29, 1.82) is 0 Å². The Morgan fingerprint density at radius 2 is 2.44 bits per heavy atom. The van der Waals surface area contributed by atoms with E-state index in [0.29, 0.717) is 17.3 Å². The van der Waals surface area contributed by atoms with E-state index in [1.54, 1.807) is 0 Å². The lowest BCUT2D eigenvalue weighted by Gasteiger charge is -2.31. The summed E-state index contributed by atoms with van der Waals surface area (Å²) in [7, 11) is 0. The van der Waals surface area contributed by atoms with E-state index in [4.69, 9.17) is 0 Å². The highest BCUT2D eigenvalue weighted by Crippen LogP contribution is 2.29. The second-order valence-corrected chi connectivity index (χ2v) is 5.92. The third-order valence-electron chi connectivity index (χ3n) is 3.81. The monoisotopic (exact) mass is 263 g/mol. The van der Waals surface area contributed by atoms with Crippen LogP contribution in [0.5, 0.6) is 0 Å². The maximum atomic E-state index is 11.8. The van der Waals surface area contributed by atoms with Gasteiger partial charge in [0.25, 0.3) is 5.56 Å². The largest absolute Gasteiger partial charge is 0.308 e. The first-order valence-electron chi connectivity index (χ1n) is 6.44. The van der Waals surface area contributed by atoms with Crippen LogP contribution in [0.15, 0.2) is 16.2 Å². The van der Waals surface area contributed by atoms with Crippen LogP contribution in [-0.4, -0.2) is 16.0 Å². The molecular weight excluding hydrogens is 246 g/mol. The minimum atomic E-state index is -0.0249. The number of hydrogen-bond acceptors (Lipinski definition) is 4. The molecule has 4 nitrogen and oxygen atoms in total. The Kier molecular flexibility index (Phi) is 3.18. The van der Waals surface area contributed by atoms with Crippen molar-refractivity contribution in [2.24, 2.45) is 5.92 Å². The fourth-order valence-corrected chi connectivity index (χ4v) is 3.10. The van der Waals surface area contributed by atoms with Gasteiger partial charge in [-0.25, -0.2) is 4.98 Å². The van der Waals surface area contributed by atoms with Gasteiger partial charge in [0.05, 0.1) is 12.1 Å². The van der Waals surface area contributed by atoms with E-state index < -0.39 is 0 Å². The first-order chi connectivity index (χ1) is 8.74. The number of rotatable bonds is 4. The second kappa shape index (κ2) is 4.82. The normalized spacial score (nSPS) is 17.8.